The highest BCUT2D eigenvalue weighted by Crippen LogP contribution is 2.50. The molecule has 5 nitrogen and oxygen atoms in total. The Labute approximate surface area is 134 Å². The van der Waals surface area contributed by atoms with E-state index in [2.05, 4.69) is 0 Å². The zero-order chi connectivity index (χ0) is 19.1. The summed E-state index contributed by atoms with van der Waals surface area (Å²) < 4.78 is 102. The Morgan fingerprint density at radius 3 is 1.54 bits per heavy atom. The van der Waals surface area contributed by atoms with Crippen molar-refractivity contribution < 1.29 is 39.9 Å². The van der Waals surface area contributed by atoms with Gasteiger partial charge in [-0.1, -0.05) is 12.1 Å². The number of alkyl halides is 6. The van der Waals surface area contributed by atoms with Crippen LogP contribution in [0.25, 0.3) is 0 Å². The second-order valence-corrected chi connectivity index (χ2v) is 7.18. The van der Waals surface area contributed by atoms with Crippen LogP contribution in [0.2, 0.25) is 0 Å². The summed E-state index contributed by atoms with van der Waals surface area (Å²) in [5, 5.41) is 9.24. The molecule has 0 fully saturated rings. The number of rotatable bonds is 4. The largest absolute Gasteiger partial charge is 0.430 e. The van der Waals surface area contributed by atoms with E-state index in [1.807, 2.05) is 0 Å². The topological polar surface area (TPSA) is 60.9 Å². The first kappa shape index (κ1) is 20.5. The maximum Gasteiger partial charge on any atom is 0.430 e. The van der Waals surface area contributed by atoms with Gasteiger partial charge < -0.3 is 5.11 Å². The van der Waals surface area contributed by atoms with E-state index in [0.717, 1.165) is 23.5 Å². The van der Waals surface area contributed by atoms with E-state index in [1.54, 1.807) is 0 Å². The minimum atomic E-state index is -6.01. The van der Waals surface area contributed by atoms with Gasteiger partial charge in [0.2, 0.25) is 0 Å². The van der Waals surface area contributed by atoms with Crippen LogP contribution in [0.5, 0.6) is 0 Å². The summed E-state index contributed by atoms with van der Waals surface area (Å²) in [7, 11) is -0.501. The second-order valence-electron chi connectivity index (χ2n) is 5.01. The Hall–Kier alpha value is -1.53. The molecule has 1 aromatic carbocycles. The van der Waals surface area contributed by atoms with Crippen LogP contribution in [0, 0.1) is 0 Å². The van der Waals surface area contributed by atoms with E-state index in [9.17, 15) is 39.9 Å². The monoisotopic (exact) mass is 380 g/mol. The van der Waals surface area contributed by atoms with Gasteiger partial charge in [-0.2, -0.15) is 39.1 Å². The van der Waals surface area contributed by atoms with E-state index < -0.39 is 33.7 Å². The molecular weight excluding hydrogens is 366 g/mol. The number of benzene rings is 1. The molecule has 0 spiro atoms. The van der Waals surface area contributed by atoms with Crippen LogP contribution in [-0.4, -0.2) is 51.3 Å². The highest BCUT2D eigenvalue weighted by molar-refractivity contribution is 7.90. The van der Waals surface area contributed by atoms with Gasteiger partial charge in [0.15, 0.2) is 0 Å². The SMILES string of the molecule is CN(C)S(=O)(=O)N(C)c1ccc(C(O)(C(F)(F)F)C(F)(F)F)cc1. The second kappa shape index (κ2) is 6.08. The molecule has 0 radical (unpaired) electrons. The molecule has 0 unspecified atom stereocenters. The molecule has 0 heterocycles. The molecule has 24 heavy (non-hydrogen) atoms. The lowest BCUT2D eigenvalue weighted by Crippen LogP contribution is -2.53. The summed E-state index contributed by atoms with van der Waals surface area (Å²) in [4.78, 5) is 0. The van der Waals surface area contributed by atoms with Crippen LogP contribution in [0.1, 0.15) is 5.56 Å². The standard InChI is InChI=1S/C12H14F6N2O3S/c1-19(2)24(22,23)20(3)9-6-4-8(5-7-9)10(21,11(13,14)15)12(16,17)18/h4-7,21H,1-3H3. The lowest BCUT2D eigenvalue weighted by Gasteiger charge is -2.33. The Kier molecular flexibility index (Phi) is 5.20. The summed E-state index contributed by atoms with van der Waals surface area (Å²) in [6.45, 7) is 0. The molecule has 1 rings (SSSR count). The first-order valence-electron chi connectivity index (χ1n) is 6.19. The molecule has 0 aliphatic rings. The average Bonchev–Trinajstić information content (AvgIpc) is 2.43. The van der Waals surface area contributed by atoms with Gasteiger partial charge in [0.25, 0.3) is 5.60 Å². The summed E-state index contributed by atoms with van der Waals surface area (Å²) >= 11 is 0. The number of nitrogens with zero attached hydrogens (tertiary/aromatic N) is 2. The molecule has 12 heteroatoms. The van der Waals surface area contributed by atoms with E-state index in [1.165, 1.54) is 14.1 Å². The van der Waals surface area contributed by atoms with Crippen LogP contribution < -0.4 is 4.31 Å². The van der Waals surface area contributed by atoms with Crippen LogP contribution >= 0.6 is 0 Å². The number of anilines is 1. The van der Waals surface area contributed by atoms with Crippen molar-refractivity contribution in [2.45, 2.75) is 18.0 Å². The molecule has 0 amide bonds. The molecule has 138 valence electrons. The van der Waals surface area contributed by atoms with Crippen LogP contribution in [0.15, 0.2) is 24.3 Å². The Balaban J connectivity index is 3.38. The predicted molar refractivity (Wildman–Crippen MR) is 73.5 cm³/mol. The lowest BCUT2D eigenvalue weighted by atomic mass is 9.92. The number of hydrogen-bond donors (Lipinski definition) is 1. The number of aliphatic hydroxyl groups is 1. The summed E-state index contributed by atoms with van der Waals surface area (Å²) in [6, 6.07) is 2.22. The molecule has 0 aliphatic carbocycles. The maximum atomic E-state index is 12.8. The third-order valence-electron chi connectivity index (χ3n) is 3.28. The van der Waals surface area contributed by atoms with Crippen molar-refractivity contribution in [1.82, 2.24) is 4.31 Å². The fourth-order valence-electron chi connectivity index (χ4n) is 1.78. The van der Waals surface area contributed by atoms with Gasteiger partial charge in [-0.05, 0) is 12.1 Å². The minimum absolute atomic E-state index is 0.181. The third kappa shape index (κ3) is 3.30. The quantitative estimate of drug-likeness (QED) is 0.815. The van der Waals surface area contributed by atoms with E-state index in [-0.39, 0.29) is 5.69 Å². The van der Waals surface area contributed by atoms with Crippen molar-refractivity contribution in [3.8, 4) is 0 Å². The maximum absolute atomic E-state index is 12.8. The molecule has 1 N–H and O–H groups in total. The predicted octanol–water partition coefficient (Wildman–Crippen LogP) is 2.24. The molecule has 0 aliphatic heterocycles. The van der Waals surface area contributed by atoms with Crippen LogP contribution in [0.3, 0.4) is 0 Å². The van der Waals surface area contributed by atoms with Crippen LogP contribution in [0.4, 0.5) is 32.0 Å². The molecule has 0 bridgehead atoms. The number of halogens is 6. The first-order chi connectivity index (χ1) is 10.6. The van der Waals surface area contributed by atoms with Gasteiger partial charge in [0.05, 0.1) is 5.69 Å². The van der Waals surface area contributed by atoms with Gasteiger partial charge in [-0.15, -0.1) is 0 Å². The highest BCUT2D eigenvalue weighted by Gasteiger charge is 2.71. The van der Waals surface area contributed by atoms with Crippen molar-refractivity contribution in [2.24, 2.45) is 0 Å². The lowest BCUT2D eigenvalue weighted by molar-refractivity contribution is -0.376. The fourth-order valence-corrected chi connectivity index (χ4v) is 2.66. The zero-order valence-electron chi connectivity index (χ0n) is 12.6. The first-order valence-corrected chi connectivity index (χ1v) is 7.59. The van der Waals surface area contributed by atoms with Gasteiger partial charge in [-0.25, -0.2) is 0 Å². The van der Waals surface area contributed by atoms with Gasteiger partial charge in [0.1, 0.15) is 0 Å². The van der Waals surface area contributed by atoms with Gasteiger partial charge >= 0.3 is 22.6 Å². The average molecular weight is 380 g/mol. The molecular formula is C12H14F6N2O3S. The molecule has 0 saturated heterocycles. The van der Waals surface area contributed by atoms with Crippen molar-refractivity contribution >= 4 is 15.9 Å². The molecule has 0 atom stereocenters. The third-order valence-corrected chi connectivity index (χ3v) is 5.10. The fraction of sp³-hybridized carbons (Fsp3) is 0.500. The van der Waals surface area contributed by atoms with Crippen molar-refractivity contribution in [3.63, 3.8) is 0 Å². The van der Waals surface area contributed by atoms with Gasteiger partial charge in [-0.3, -0.25) is 4.31 Å². The normalized spacial score (nSPS) is 14.1. The summed E-state index contributed by atoms with van der Waals surface area (Å²) in [6.07, 6.45) is -12.0. The van der Waals surface area contributed by atoms with Gasteiger partial charge in [0, 0.05) is 26.7 Å². The minimum Gasteiger partial charge on any atom is -0.369 e. The van der Waals surface area contributed by atoms with Crippen molar-refractivity contribution in [3.05, 3.63) is 29.8 Å². The van der Waals surface area contributed by atoms with E-state index >= 15 is 0 Å². The highest BCUT2D eigenvalue weighted by atomic mass is 32.2. The van der Waals surface area contributed by atoms with Crippen LogP contribution in [-0.2, 0) is 15.8 Å². The Bertz CT molecular complexity index is 668. The van der Waals surface area contributed by atoms with E-state index in [4.69, 9.17) is 0 Å². The van der Waals surface area contributed by atoms with E-state index in [0.29, 0.717) is 16.4 Å². The summed E-state index contributed by atoms with van der Waals surface area (Å²) in [5.74, 6) is 0. The molecule has 1 aromatic rings. The zero-order valence-corrected chi connectivity index (χ0v) is 13.5. The molecule has 0 aromatic heterocycles. The molecule has 0 saturated carbocycles. The summed E-state index contributed by atoms with van der Waals surface area (Å²) in [5.41, 5.74) is -6.71. The van der Waals surface area contributed by atoms with Crippen molar-refractivity contribution in [1.29, 1.82) is 0 Å². The van der Waals surface area contributed by atoms with Crippen molar-refractivity contribution in [2.75, 3.05) is 25.4 Å². The smallest absolute Gasteiger partial charge is 0.369 e. The Morgan fingerprint density at radius 1 is 0.875 bits per heavy atom. The Morgan fingerprint density at radius 2 is 1.25 bits per heavy atom. The number of hydrogen-bond acceptors (Lipinski definition) is 3.